The van der Waals surface area contributed by atoms with Gasteiger partial charge in [-0.1, -0.05) is 17.7 Å². The molecule has 0 bridgehead atoms. The van der Waals surface area contributed by atoms with Gasteiger partial charge in [-0.25, -0.2) is 23.1 Å². The van der Waals surface area contributed by atoms with E-state index in [0.717, 1.165) is 6.07 Å². The number of benzene rings is 1. The van der Waals surface area contributed by atoms with Crippen LogP contribution in [0.3, 0.4) is 0 Å². The highest BCUT2D eigenvalue weighted by atomic mass is 35.5. The number of rotatable bonds is 5. The number of nitrogens with zero attached hydrogens (tertiary/aromatic N) is 3. The topological polar surface area (TPSA) is 82.0 Å². The van der Waals surface area contributed by atoms with Gasteiger partial charge in [0.05, 0.1) is 10.7 Å². The lowest BCUT2D eigenvalue weighted by atomic mass is 9.83. The van der Waals surface area contributed by atoms with E-state index in [9.17, 15) is 18.0 Å². The molecule has 1 saturated carbocycles. The molecule has 32 heavy (non-hydrogen) atoms. The van der Waals surface area contributed by atoms with E-state index in [1.807, 2.05) is 0 Å². The van der Waals surface area contributed by atoms with Crippen molar-refractivity contribution in [2.24, 2.45) is 16.6 Å². The van der Waals surface area contributed by atoms with Crippen LogP contribution in [0, 0.1) is 18.7 Å². The van der Waals surface area contributed by atoms with Gasteiger partial charge in [0.2, 0.25) is 0 Å². The molecule has 1 aromatic carbocycles. The number of aryl methyl sites for hydroxylation is 1. The van der Waals surface area contributed by atoms with E-state index in [0.29, 0.717) is 28.3 Å². The molecule has 0 radical (unpaired) electrons. The van der Waals surface area contributed by atoms with Crippen molar-refractivity contribution < 1.29 is 22.7 Å². The van der Waals surface area contributed by atoms with Crippen LogP contribution >= 0.6 is 11.6 Å². The summed E-state index contributed by atoms with van der Waals surface area (Å²) in [7, 11) is 0. The smallest absolute Gasteiger partial charge is 0.283 e. The fraction of sp³-hybridized carbons (Fsp3) is 0.318. The first-order valence-electron chi connectivity index (χ1n) is 9.97. The second-order valence-electron chi connectivity index (χ2n) is 8.11. The van der Waals surface area contributed by atoms with E-state index in [1.54, 1.807) is 29.7 Å². The van der Waals surface area contributed by atoms with Crippen molar-refractivity contribution >= 4 is 29.1 Å². The summed E-state index contributed by atoms with van der Waals surface area (Å²) >= 11 is 6.02. The zero-order valence-corrected chi connectivity index (χ0v) is 17.6. The van der Waals surface area contributed by atoms with E-state index in [2.05, 4.69) is 9.98 Å². The second-order valence-corrected chi connectivity index (χ2v) is 8.55. The summed E-state index contributed by atoms with van der Waals surface area (Å²) in [6.07, 6.45) is -1.70. The Kier molecular flexibility index (Phi) is 4.70. The minimum Gasteiger partial charge on any atom is -0.462 e. The van der Waals surface area contributed by atoms with Crippen molar-refractivity contribution in [1.82, 2.24) is 9.38 Å². The number of alkyl halides is 2. The normalized spacial score (nSPS) is 24.2. The third kappa shape index (κ3) is 3.14. The molecular formula is C22H18ClF3N4O2. The number of aromatic nitrogens is 2. The van der Waals surface area contributed by atoms with Gasteiger partial charge in [-0.15, -0.1) is 0 Å². The Bertz CT molecular complexity index is 1290. The molecule has 0 amide bonds. The summed E-state index contributed by atoms with van der Waals surface area (Å²) in [6, 6.07) is 6.72. The maximum absolute atomic E-state index is 14.8. The van der Waals surface area contributed by atoms with Gasteiger partial charge in [0.1, 0.15) is 23.3 Å². The van der Waals surface area contributed by atoms with Crippen molar-refractivity contribution in [3.63, 3.8) is 0 Å². The fourth-order valence-corrected chi connectivity index (χ4v) is 4.62. The number of aliphatic imine (C=N–C) groups is 1. The Balaban J connectivity index is 1.52. The van der Waals surface area contributed by atoms with Crippen LogP contribution in [-0.2, 0) is 16.7 Å². The van der Waals surface area contributed by atoms with Gasteiger partial charge in [-0.2, -0.15) is 0 Å². The quantitative estimate of drug-likeness (QED) is 0.580. The molecule has 3 atom stereocenters. The lowest BCUT2D eigenvalue weighted by Crippen LogP contribution is -2.43. The summed E-state index contributed by atoms with van der Waals surface area (Å²) in [5, 5.41) is 0.493. The van der Waals surface area contributed by atoms with Crippen LogP contribution in [-0.4, -0.2) is 33.7 Å². The Morgan fingerprint density at radius 3 is 2.91 bits per heavy atom. The summed E-state index contributed by atoms with van der Waals surface area (Å²) in [4.78, 5) is 21.2. The number of ketones is 1. The van der Waals surface area contributed by atoms with E-state index >= 15 is 0 Å². The van der Waals surface area contributed by atoms with Crippen LogP contribution in [0.4, 0.5) is 13.2 Å². The lowest BCUT2D eigenvalue weighted by Gasteiger charge is -2.33. The van der Waals surface area contributed by atoms with Gasteiger partial charge >= 0.3 is 0 Å². The molecular weight excluding hydrogens is 445 g/mol. The molecule has 2 aromatic heterocycles. The highest BCUT2D eigenvalue weighted by Crippen LogP contribution is 2.56. The number of imidazole rings is 1. The number of carbonyl (C=O) groups is 1. The molecule has 1 aliphatic carbocycles. The maximum atomic E-state index is 14.8. The van der Waals surface area contributed by atoms with Crippen molar-refractivity contribution in [3.8, 4) is 0 Å². The Hall–Kier alpha value is -3.07. The van der Waals surface area contributed by atoms with Crippen LogP contribution in [0.15, 0.2) is 41.5 Å². The number of nitrogens with two attached hydrogens (primary N) is 1. The van der Waals surface area contributed by atoms with Crippen molar-refractivity contribution in [1.29, 1.82) is 0 Å². The maximum Gasteiger partial charge on any atom is 0.283 e. The Labute approximate surface area is 185 Å². The van der Waals surface area contributed by atoms with Crippen LogP contribution < -0.4 is 5.73 Å². The summed E-state index contributed by atoms with van der Waals surface area (Å²) in [6.45, 7) is 1.73. The average molecular weight is 463 g/mol. The summed E-state index contributed by atoms with van der Waals surface area (Å²) < 4.78 is 50.3. The SMILES string of the molecule is Cc1c(C(=O)Cc2ccc(F)c([C@@]3(C(F)F)N=C(N)O[C@@H]4C[C@@H]43)c2)nc2ccc(Cl)cn12. The minimum atomic E-state index is -2.99. The minimum absolute atomic E-state index is 0.144. The Morgan fingerprint density at radius 1 is 1.38 bits per heavy atom. The van der Waals surface area contributed by atoms with E-state index in [4.69, 9.17) is 22.1 Å². The molecule has 10 heteroatoms. The van der Waals surface area contributed by atoms with Gasteiger partial charge in [-0.3, -0.25) is 4.79 Å². The number of pyridine rings is 1. The van der Waals surface area contributed by atoms with Crippen LogP contribution in [0.25, 0.3) is 5.65 Å². The molecule has 5 rings (SSSR count). The molecule has 6 nitrogen and oxygen atoms in total. The number of ether oxygens (including phenoxy) is 1. The predicted molar refractivity (Wildman–Crippen MR) is 112 cm³/mol. The molecule has 3 heterocycles. The number of fused-ring (bicyclic) bond motifs is 2. The van der Waals surface area contributed by atoms with Crippen LogP contribution in [0.5, 0.6) is 0 Å². The molecule has 0 saturated heterocycles. The predicted octanol–water partition coefficient (Wildman–Crippen LogP) is 4.05. The number of carbonyl (C=O) groups excluding carboxylic acids is 1. The van der Waals surface area contributed by atoms with Gasteiger partial charge in [0.15, 0.2) is 11.3 Å². The van der Waals surface area contributed by atoms with E-state index in [-0.39, 0.29) is 29.5 Å². The molecule has 0 unspecified atom stereocenters. The zero-order valence-electron chi connectivity index (χ0n) is 16.9. The number of Topliss-reactive ketones (excluding diaryl/α,β-unsaturated/α-hetero) is 1. The Morgan fingerprint density at radius 2 is 2.16 bits per heavy atom. The molecule has 1 aliphatic heterocycles. The standard InChI is InChI=1S/C22H18ClF3N4O2/c1-10-19(28-18-5-3-12(23)9-30(10)18)16(31)7-11-2-4-15(24)13(6-11)22(20(25)26)14-8-17(14)32-21(27)29-22/h2-6,9,14,17,20H,7-8H2,1H3,(H2,27,29)/t14-,17+,22+/m0/s1. The van der Waals surface area contributed by atoms with E-state index in [1.165, 1.54) is 12.1 Å². The number of halogens is 4. The zero-order chi connectivity index (χ0) is 22.8. The second kappa shape index (κ2) is 7.23. The first-order valence-corrected chi connectivity index (χ1v) is 10.3. The van der Waals surface area contributed by atoms with Crippen molar-refractivity contribution in [2.75, 3.05) is 0 Å². The summed E-state index contributed by atoms with van der Waals surface area (Å²) in [5.74, 6) is -1.84. The van der Waals surface area contributed by atoms with Gasteiger partial charge in [0, 0.05) is 24.1 Å². The number of hydrogen-bond donors (Lipinski definition) is 1. The third-order valence-electron chi connectivity index (χ3n) is 6.11. The fourth-order valence-electron chi connectivity index (χ4n) is 4.46. The molecule has 2 N–H and O–H groups in total. The average Bonchev–Trinajstić information content (AvgIpc) is 3.45. The first kappa shape index (κ1) is 20.8. The van der Waals surface area contributed by atoms with Gasteiger partial charge in [0.25, 0.3) is 12.4 Å². The van der Waals surface area contributed by atoms with Crippen molar-refractivity contribution in [3.05, 3.63) is 69.9 Å². The van der Waals surface area contributed by atoms with Gasteiger partial charge < -0.3 is 14.9 Å². The largest absolute Gasteiger partial charge is 0.462 e. The number of amidine groups is 1. The number of hydrogen-bond acceptors (Lipinski definition) is 5. The first-order chi connectivity index (χ1) is 15.2. The molecule has 166 valence electrons. The molecule has 3 aromatic rings. The molecule has 0 spiro atoms. The molecule has 2 aliphatic rings. The molecule has 1 fully saturated rings. The van der Waals surface area contributed by atoms with Crippen LogP contribution in [0.1, 0.15) is 33.7 Å². The monoisotopic (exact) mass is 462 g/mol. The highest BCUT2D eigenvalue weighted by Gasteiger charge is 2.64. The van der Waals surface area contributed by atoms with E-state index < -0.39 is 29.8 Å². The van der Waals surface area contributed by atoms with Crippen LogP contribution in [0.2, 0.25) is 5.02 Å². The van der Waals surface area contributed by atoms with Crippen molar-refractivity contribution in [2.45, 2.75) is 37.8 Å². The third-order valence-corrected chi connectivity index (χ3v) is 6.33. The van der Waals surface area contributed by atoms with Gasteiger partial charge in [-0.05, 0) is 43.2 Å². The lowest BCUT2D eigenvalue weighted by molar-refractivity contribution is 0.0176. The summed E-state index contributed by atoms with van der Waals surface area (Å²) in [5.41, 5.74) is 4.95. The highest BCUT2D eigenvalue weighted by molar-refractivity contribution is 6.30.